The van der Waals surface area contributed by atoms with Crippen LogP contribution in [0.25, 0.3) is 0 Å². The number of rotatable bonds is 12. The molecule has 0 spiro atoms. The Kier molecular flexibility index (Phi) is 9.78. The van der Waals surface area contributed by atoms with Crippen molar-refractivity contribution in [1.82, 2.24) is 5.32 Å². The van der Waals surface area contributed by atoms with Gasteiger partial charge in [0.1, 0.15) is 11.8 Å². The minimum atomic E-state index is -4.50. The summed E-state index contributed by atoms with van der Waals surface area (Å²) in [7, 11) is -4.50. The molecular weight excluding hydrogens is 385 g/mol. The standard InChI is InChI=1S/C18H30N3O6P/c1-12(2)17(21-16(22)15(20)13-8-4-3-5-9-13)28(25,26)27-14(18(23)24)10-6-7-11-19/h3-5,8-9,12,14-15,17H,6-7,10-11,19-20H2,1-2H3,(H,21,22)(H,23,24)(H,25,26)/t14-,15?,17?/m0/s1. The Morgan fingerprint density at radius 1 is 1.21 bits per heavy atom. The molecule has 1 amide bonds. The summed E-state index contributed by atoms with van der Waals surface area (Å²) < 4.78 is 17.9. The summed E-state index contributed by atoms with van der Waals surface area (Å²) >= 11 is 0. The molecule has 7 N–H and O–H groups in total. The van der Waals surface area contributed by atoms with E-state index < -0.39 is 43.3 Å². The molecule has 0 aliphatic rings. The van der Waals surface area contributed by atoms with Crippen molar-refractivity contribution in [2.24, 2.45) is 17.4 Å². The van der Waals surface area contributed by atoms with Gasteiger partial charge in [-0.3, -0.25) is 13.9 Å². The van der Waals surface area contributed by atoms with Crippen LogP contribution in [-0.2, 0) is 18.7 Å². The molecule has 0 saturated heterocycles. The Morgan fingerprint density at radius 3 is 2.32 bits per heavy atom. The molecule has 0 saturated carbocycles. The second-order valence-electron chi connectivity index (χ2n) is 6.87. The van der Waals surface area contributed by atoms with E-state index in [-0.39, 0.29) is 6.42 Å². The molecule has 9 nitrogen and oxygen atoms in total. The molecule has 1 aromatic carbocycles. The highest BCUT2D eigenvalue weighted by molar-refractivity contribution is 7.53. The van der Waals surface area contributed by atoms with Gasteiger partial charge < -0.3 is 26.8 Å². The fraction of sp³-hybridized carbons (Fsp3) is 0.556. The third-order valence-electron chi connectivity index (χ3n) is 4.19. The van der Waals surface area contributed by atoms with E-state index in [1.54, 1.807) is 44.2 Å². The first-order chi connectivity index (χ1) is 13.1. The lowest BCUT2D eigenvalue weighted by Crippen LogP contribution is -2.44. The largest absolute Gasteiger partial charge is 0.479 e. The van der Waals surface area contributed by atoms with E-state index in [0.717, 1.165) is 0 Å². The number of carboxylic acids is 1. The lowest BCUT2D eigenvalue weighted by molar-refractivity contribution is -0.145. The first-order valence-electron chi connectivity index (χ1n) is 9.14. The van der Waals surface area contributed by atoms with Crippen LogP contribution >= 0.6 is 7.60 Å². The number of carbonyl (C=O) groups is 2. The highest BCUT2D eigenvalue weighted by Crippen LogP contribution is 2.50. The molecule has 28 heavy (non-hydrogen) atoms. The molecule has 1 aromatic rings. The number of carbonyl (C=O) groups excluding carboxylic acids is 1. The Labute approximate surface area is 165 Å². The van der Waals surface area contributed by atoms with Crippen LogP contribution in [0.3, 0.4) is 0 Å². The predicted molar refractivity (Wildman–Crippen MR) is 105 cm³/mol. The van der Waals surface area contributed by atoms with Gasteiger partial charge in [-0.25, -0.2) is 4.79 Å². The fourth-order valence-corrected chi connectivity index (χ4v) is 4.35. The molecule has 0 aliphatic heterocycles. The van der Waals surface area contributed by atoms with Crippen molar-refractivity contribution in [1.29, 1.82) is 0 Å². The Morgan fingerprint density at radius 2 is 1.82 bits per heavy atom. The van der Waals surface area contributed by atoms with Crippen molar-refractivity contribution in [3.05, 3.63) is 35.9 Å². The van der Waals surface area contributed by atoms with E-state index in [1.165, 1.54) is 0 Å². The maximum absolute atomic E-state index is 12.8. The quantitative estimate of drug-likeness (QED) is 0.253. The zero-order valence-corrected chi connectivity index (χ0v) is 17.0. The zero-order valence-electron chi connectivity index (χ0n) is 16.2. The van der Waals surface area contributed by atoms with Gasteiger partial charge in [-0.15, -0.1) is 0 Å². The Hall–Kier alpha value is -1.77. The molecule has 10 heteroatoms. The second-order valence-corrected chi connectivity index (χ2v) is 8.76. The first kappa shape index (κ1) is 24.3. The molecule has 1 rings (SSSR count). The average molecular weight is 415 g/mol. The third-order valence-corrected chi connectivity index (χ3v) is 6.17. The van der Waals surface area contributed by atoms with Gasteiger partial charge in [0, 0.05) is 0 Å². The Bertz CT molecular complexity index is 685. The third kappa shape index (κ3) is 7.33. The Balaban J connectivity index is 2.90. The second kappa shape index (κ2) is 11.3. The first-order valence-corrected chi connectivity index (χ1v) is 10.8. The van der Waals surface area contributed by atoms with Crippen LogP contribution in [-0.4, -0.2) is 40.3 Å². The van der Waals surface area contributed by atoms with E-state index in [2.05, 4.69) is 5.32 Å². The molecule has 0 heterocycles. The number of amides is 1. The number of benzene rings is 1. The van der Waals surface area contributed by atoms with Crippen LogP contribution < -0.4 is 16.8 Å². The number of unbranched alkanes of at least 4 members (excludes halogenated alkanes) is 1. The van der Waals surface area contributed by atoms with Crippen molar-refractivity contribution in [2.45, 2.75) is 51.0 Å². The number of carboxylic acid groups (broad SMARTS) is 1. The molecule has 4 atom stereocenters. The number of nitrogens with two attached hydrogens (primary N) is 2. The molecule has 0 aromatic heterocycles. The van der Waals surface area contributed by atoms with Gasteiger partial charge in [0.25, 0.3) is 0 Å². The summed E-state index contributed by atoms with van der Waals surface area (Å²) in [4.78, 5) is 34.3. The van der Waals surface area contributed by atoms with Crippen molar-refractivity contribution in [3.63, 3.8) is 0 Å². The fourth-order valence-electron chi connectivity index (χ4n) is 2.62. The summed E-state index contributed by atoms with van der Waals surface area (Å²) in [5.74, 6) is -3.80. The van der Waals surface area contributed by atoms with Gasteiger partial charge in [-0.2, -0.15) is 0 Å². The van der Waals surface area contributed by atoms with Crippen LogP contribution in [0.15, 0.2) is 30.3 Å². The molecule has 0 aliphatic carbocycles. The van der Waals surface area contributed by atoms with Gasteiger partial charge in [0.15, 0.2) is 6.10 Å². The lowest BCUT2D eigenvalue weighted by Gasteiger charge is -2.29. The van der Waals surface area contributed by atoms with E-state index in [9.17, 15) is 24.2 Å². The summed E-state index contributed by atoms with van der Waals surface area (Å²) in [6.45, 7) is 3.62. The molecular formula is C18H30N3O6P. The normalized spacial score (nSPS) is 16.8. The van der Waals surface area contributed by atoms with Crippen molar-refractivity contribution in [3.8, 4) is 0 Å². The van der Waals surface area contributed by atoms with Gasteiger partial charge >= 0.3 is 13.6 Å². The lowest BCUT2D eigenvalue weighted by atomic mass is 10.1. The van der Waals surface area contributed by atoms with Gasteiger partial charge in [-0.05, 0) is 37.3 Å². The number of aliphatic carboxylic acids is 1. The SMILES string of the molecule is CC(C)C(NC(=O)C(N)c1ccccc1)P(=O)(O)O[C@@H](CCCCN)C(=O)O. The van der Waals surface area contributed by atoms with E-state index >= 15 is 0 Å². The van der Waals surface area contributed by atoms with Crippen molar-refractivity contribution >= 4 is 19.5 Å². The van der Waals surface area contributed by atoms with Crippen LogP contribution in [0.2, 0.25) is 0 Å². The summed E-state index contributed by atoms with van der Waals surface area (Å²) in [6, 6.07) is 7.52. The van der Waals surface area contributed by atoms with Crippen molar-refractivity contribution < 1.29 is 28.7 Å². The van der Waals surface area contributed by atoms with Gasteiger partial charge in [-0.1, -0.05) is 44.2 Å². The molecule has 0 fully saturated rings. The monoisotopic (exact) mass is 415 g/mol. The average Bonchev–Trinajstić information content (AvgIpc) is 2.64. The zero-order chi connectivity index (χ0) is 21.3. The van der Waals surface area contributed by atoms with Gasteiger partial charge in [0.2, 0.25) is 5.91 Å². The topological polar surface area (TPSA) is 165 Å². The molecule has 158 valence electrons. The number of nitrogens with one attached hydrogen (secondary N) is 1. The van der Waals surface area contributed by atoms with Crippen LogP contribution in [0.5, 0.6) is 0 Å². The minimum Gasteiger partial charge on any atom is -0.479 e. The van der Waals surface area contributed by atoms with Crippen LogP contribution in [0.1, 0.15) is 44.7 Å². The molecule has 0 radical (unpaired) electrons. The van der Waals surface area contributed by atoms with Crippen LogP contribution in [0, 0.1) is 5.92 Å². The van der Waals surface area contributed by atoms with Gasteiger partial charge in [0.05, 0.1) is 0 Å². The molecule has 3 unspecified atom stereocenters. The highest BCUT2D eigenvalue weighted by Gasteiger charge is 2.40. The van der Waals surface area contributed by atoms with E-state index in [0.29, 0.717) is 24.9 Å². The summed E-state index contributed by atoms with van der Waals surface area (Å²) in [6.07, 6.45) is -0.424. The minimum absolute atomic E-state index is 0.0410. The van der Waals surface area contributed by atoms with Crippen molar-refractivity contribution in [2.75, 3.05) is 6.54 Å². The number of hydrogen-bond donors (Lipinski definition) is 5. The smallest absolute Gasteiger partial charge is 0.351 e. The van der Waals surface area contributed by atoms with E-state index in [1.807, 2.05) is 0 Å². The van der Waals surface area contributed by atoms with Crippen LogP contribution in [0.4, 0.5) is 0 Å². The van der Waals surface area contributed by atoms with E-state index in [4.69, 9.17) is 16.0 Å². The predicted octanol–water partition coefficient (Wildman–Crippen LogP) is 1.57. The summed E-state index contributed by atoms with van der Waals surface area (Å²) in [5, 5.41) is 11.7. The summed E-state index contributed by atoms with van der Waals surface area (Å²) in [5.41, 5.74) is 11.9. The number of hydrogen-bond acceptors (Lipinski definition) is 6. The maximum Gasteiger partial charge on any atom is 0.351 e. The maximum atomic E-state index is 12.8. The highest BCUT2D eigenvalue weighted by atomic mass is 31.2. The molecule has 0 bridgehead atoms.